The molecule has 1 aliphatic carbocycles. The van der Waals surface area contributed by atoms with Gasteiger partial charge in [0.25, 0.3) is 0 Å². The van der Waals surface area contributed by atoms with Gasteiger partial charge in [-0.15, -0.1) is 0 Å². The van der Waals surface area contributed by atoms with Crippen LogP contribution in [0.2, 0.25) is 0 Å². The Morgan fingerprint density at radius 3 is 1.96 bits per heavy atom. The van der Waals surface area contributed by atoms with Crippen molar-refractivity contribution in [3.8, 4) is 0 Å². The van der Waals surface area contributed by atoms with Gasteiger partial charge in [0.2, 0.25) is 11.8 Å². The Labute approximate surface area is 158 Å². The molecule has 0 bridgehead atoms. The van der Waals surface area contributed by atoms with Gasteiger partial charge in [0.15, 0.2) is 0 Å². The zero-order valence-corrected chi connectivity index (χ0v) is 16.5. The number of piperazine rings is 1. The van der Waals surface area contributed by atoms with Gasteiger partial charge in [-0.1, -0.05) is 19.3 Å². The van der Waals surface area contributed by atoms with Crippen LogP contribution in [-0.2, 0) is 9.59 Å². The molecule has 0 aromatic carbocycles. The Morgan fingerprint density at radius 1 is 0.808 bits per heavy atom. The first kappa shape index (κ1) is 19.6. The van der Waals surface area contributed by atoms with E-state index in [2.05, 4.69) is 21.6 Å². The summed E-state index contributed by atoms with van der Waals surface area (Å²) in [7, 11) is 0. The first-order valence-electron chi connectivity index (χ1n) is 10.7. The maximum Gasteiger partial charge on any atom is 0.236 e. The second kappa shape index (κ2) is 9.70. The lowest BCUT2D eigenvalue weighted by Crippen LogP contribution is -2.53. The highest BCUT2D eigenvalue weighted by atomic mass is 16.2. The summed E-state index contributed by atoms with van der Waals surface area (Å²) in [6, 6.07) is 0.459. The smallest absolute Gasteiger partial charge is 0.236 e. The molecule has 2 aliphatic heterocycles. The van der Waals surface area contributed by atoms with E-state index in [0.717, 1.165) is 58.7 Å². The molecule has 2 heterocycles. The van der Waals surface area contributed by atoms with E-state index in [0.29, 0.717) is 25.0 Å². The van der Waals surface area contributed by atoms with Crippen molar-refractivity contribution in [2.75, 3.05) is 58.9 Å². The van der Waals surface area contributed by atoms with Crippen LogP contribution in [0.15, 0.2) is 0 Å². The van der Waals surface area contributed by atoms with Crippen LogP contribution in [0.4, 0.5) is 0 Å². The lowest BCUT2D eigenvalue weighted by Gasteiger charge is -2.38. The van der Waals surface area contributed by atoms with Gasteiger partial charge in [-0.05, 0) is 32.6 Å². The molecule has 3 rings (SSSR count). The topological polar surface area (TPSA) is 47.1 Å². The lowest BCUT2D eigenvalue weighted by molar-refractivity contribution is -0.136. The fourth-order valence-electron chi connectivity index (χ4n) is 4.68. The highest BCUT2D eigenvalue weighted by Crippen LogP contribution is 2.22. The Hall–Kier alpha value is -1.14. The second-order valence-corrected chi connectivity index (χ2v) is 8.11. The number of likely N-dealkylation sites (N-methyl/N-ethyl adjacent to an activating group) is 1. The predicted octanol–water partition coefficient (Wildman–Crippen LogP) is 1.41. The molecular formula is C20H36N4O2. The van der Waals surface area contributed by atoms with Crippen molar-refractivity contribution in [3.05, 3.63) is 0 Å². The van der Waals surface area contributed by atoms with E-state index < -0.39 is 0 Å². The van der Waals surface area contributed by atoms with E-state index in [1.807, 2.05) is 4.90 Å². The summed E-state index contributed by atoms with van der Waals surface area (Å²) in [6.07, 6.45) is 8.49. The standard InChI is InChI=1S/C20H36N4O2/c1-2-24(18-8-4-3-5-9-18)20(26)17-22-14-12-21(13-15-22)16-19(25)23-10-6-7-11-23/h18H,2-17H2,1H3. The summed E-state index contributed by atoms with van der Waals surface area (Å²) in [6.45, 7) is 9.45. The number of carbonyl (C=O) groups is 2. The third-order valence-electron chi connectivity index (χ3n) is 6.32. The molecule has 2 amide bonds. The van der Waals surface area contributed by atoms with Crippen LogP contribution in [0.25, 0.3) is 0 Å². The predicted molar refractivity (Wildman–Crippen MR) is 103 cm³/mol. The molecule has 2 saturated heterocycles. The van der Waals surface area contributed by atoms with Crippen molar-refractivity contribution >= 4 is 11.8 Å². The van der Waals surface area contributed by atoms with Crippen molar-refractivity contribution in [2.24, 2.45) is 0 Å². The number of nitrogens with zero attached hydrogens (tertiary/aromatic N) is 4. The van der Waals surface area contributed by atoms with Crippen LogP contribution in [0.1, 0.15) is 51.9 Å². The Morgan fingerprint density at radius 2 is 1.38 bits per heavy atom. The van der Waals surface area contributed by atoms with Gasteiger partial charge in [0.1, 0.15) is 0 Å². The number of hydrogen-bond donors (Lipinski definition) is 0. The zero-order valence-electron chi connectivity index (χ0n) is 16.5. The maximum absolute atomic E-state index is 12.8. The molecule has 0 aromatic heterocycles. The lowest BCUT2D eigenvalue weighted by atomic mass is 9.94. The van der Waals surface area contributed by atoms with Gasteiger partial charge >= 0.3 is 0 Å². The highest BCUT2D eigenvalue weighted by Gasteiger charge is 2.28. The van der Waals surface area contributed by atoms with Gasteiger partial charge in [0, 0.05) is 51.9 Å². The molecule has 6 nitrogen and oxygen atoms in total. The summed E-state index contributed by atoms with van der Waals surface area (Å²) in [4.78, 5) is 33.7. The second-order valence-electron chi connectivity index (χ2n) is 8.11. The van der Waals surface area contributed by atoms with Gasteiger partial charge in [-0.2, -0.15) is 0 Å². The summed E-state index contributed by atoms with van der Waals surface area (Å²) in [5.41, 5.74) is 0. The molecular weight excluding hydrogens is 328 g/mol. The van der Waals surface area contributed by atoms with Gasteiger partial charge < -0.3 is 9.80 Å². The third kappa shape index (κ3) is 5.19. The summed E-state index contributed by atoms with van der Waals surface area (Å²) >= 11 is 0. The fraction of sp³-hybridized carbons (Fsp3) is 0.900. The van der Waals surface area contributed by atoms with E-state index in [-0.39, 0.29) is 5.91 Å². The van der Waals surface area contributed by atoms with Crippen LogP contribution in [0.5, 0.6) is 0 Å². The average Bonchev–Trinajstić information content (AvgIpc) is 3.20. The SMILES string of the molecule is CCN(C(=O)CN1CCN(CC(=O)N2CCCC2)CC1)C1CCCCC1. The van der Waals surface area contributed by atoms with Gasteiger partial charge in [-0.25, -0.2) is 0 Å². The highest BCUT2D eigenvalue weighted by molar-refractivity contribution is 5.79. The quantitative estimate of drug-likeness (QED) is 0.715. The van der Waals surface area contributed by atoms with Gasteiger partial charge in [-0.3, -0.25) is 19.4 Å². The molecule has 1 saturated carbocycles. The molecule has 0 unspecified atom stereocenters. The van der Waals surface area contributed by atoms with Crippen LogP contribution in [0.3, 0.4) is 0 Å². The molecule has 3 aliphatic rings. The van der Waals surface area contributed by atoms with Crippen molar-refractivity contribution in [2.45, 2.75) is 57.9 Å². The number of amides is 2. The summed E-state index contributed by atoms with van der Waals surface area (Å²) in [5, 5.41) is 0. The molecule has 3 fully saturated rings. The van der Waals surface area contributed by atoms with E-state index in [4.69, 9.17) is 0 Å². The van der Waals surface area contributed by atoms with Crippen molar-refractivity contribution in [1.82, 2.24) is 19.6 Å². The molecule has 0 aromatic rings. The molecule has 0 N–H and O–H groups in total. The van der Waals surface area contributed by atoms with E-state index in [9.17, 15) is 9.59 Å². The van der Waals surface area contributed by atoms with E-state index in [1.54, 1.807) is 0 Å². The number of likely N-dealkylation sites (tertiary alicyclic amines) is 1. The number of carbonyl (C=O) groups excluding carboxylic acids is 2. The molecule has 0 atom stereocenters. The molecule has 26 heavy (non-hydrogen) atoms. The summed E-state index contributed by atoms with van der Waals surface area (Å²) < 4.78 is 0. The van der Waals surface area contributed by atoms with Crippen LogP contribution >= 0.6 is 0 Å². The average molecular weight is 365 g/mol. The van der Waals surface area contributed by atoms with Crippen molar-refractivity contribution in [1.29, 1.82) is 0 Å². The van der Waals surface area contributed by atoms with E-state index >= 15 is 0 Å². The summed E-state index contributed by atoms with van der Waals surface area (Å²) in [5.74, 6) is 0.572. The van der Waals surface area contributed by atoms with Crippen LogP contribution < -0.4 is 0 Å². The number of rotatable bonds is 6. The molecule has 6 heteroatoms. The zero-order chi connectivity index (χ0) is 18.4. The number of hydrogen-bond acceptors (Lipinski definition) is 4. The molecule has 0 spiro atoms. The van der Waals surface area contributed by atoms with Crippen molar-refractivity contribution in [3.63, 3.8) is 0 Å². The molecule has 0 radical (unpaired) electrons. The van der Waals surface area contributed by atoms with Crippen LogP contribution in [0, 0.1) is 0 Å². The Bertz CT molecular complexity index is 464. The van der Waals surface area contributed by atoms with Crippen molar-refractivity contribution < 1.29 is 9.59 Å². The normalized spacial score (nSPS) is 23.3. The monoisotopic (exact) mass is 364 g/mol. The maximum atomic E-state index is 12.8. The minimum absolute atomic E-state index is 0.279. The molecule has 148 valence electrons. The van der Waals surface area contributed by atoms with Gasteiger partial charge in [0.05, 0.1) is 13.1 Å². The Balaban J connectivity index is 1.39. The van der Waals surface area contributed by atoms with Crippen LogP contribution in [-0.4, -0.2) is 96.4 Å². The largest absolute Gasteiger partial charge is 0.342 e. The first-order valence-corrected chi connectivity index (χ1v) is 10.7. The minimum atomic E-state index is 0.279. The fourth-order valence-corrected chi connectivity index (χ4v) is 4.68. The minimum Gasteiger partial charge on any atom is -0.342 e. The Kier molecular flexibility index (Phi) is 7.32. The first-order chi connectivity index (χ1) is 12.7. The third-order valence-corrected chi connectivity index (χ3v) is 6.32. The van der Waals surface area contributed by atoms with E-state index in [1.165, 1.54) is 32.1 Å².